The van der Waals surface area contributed by atoms with Crippen molar-refractivity contribution in [2.24, 2.45) is 0 Å². The molecule has 2 N–H and O–H groups in total. The molecule has 0 unspecified atom stereocenters. The summed E-state index contributed by atoms with van der Waals surface area (Å²) in [5, 5.41) is 25.4. The third kappa shape index (κ3) is 4.14. The van der Waals surface area contributed by atoms with Crippen LogP contribution in [-0.4, -0.2) is 70.7 Å². The van der Waals surface area contributed by atoms with Gasteiger partial charge < -0.3 is 10.4 Å². The molecule has 1 saturated heterocycles. The van der Waals surface area contributed by atoms with Gasteiger partial charge in [0.05, 0.1) is 16.9 Å². The SMILES string of the molecule is Cc1nnc(SCC2=C(C(=O)O)N3C(=O)[C@H](NC(=O)[C@H](C)n4ncc(Cl)c4C)[C@@H]3SC2)s1. The van der Waals surface area contributed by atoms with E-state index in [2.05, 4.69) is 20.6 Å². The standard InChI is InChI=1S/C18H19ClN6O4S3/c1-7-11(19)4-20-25(7)8(2)14(26)21-12-15(27)24-13(17(28)29)10(5-30-16(12)24)6-31-18-23-22-9(3)32-18/h4,8,12,16H,5-6H2,1-3H3,(H,21,26)(H,28,29)/t8-,12-,16-/m0/s1. The van der Waals surface area contributed by atoms with E-state index in [1.54, 1.807) is 13.8 Å². The zero-order valence-electron chi connectivity index (χ0n) is 17.2. The number of amides is 2. The number of thioether (sulfide) groups is 2. The van der Waals surface area contributed by atoms with Crippen molar-refractivity contribution in [1.82, 2.24) is 30.2 Å². The van der Waals surface area contributed by atoms with Gasteiger partial charge in [-0.1, -0.05) is 34.7 Å². The largest absolute Gasteiger partial charge is 0.477 e. The van der Waals surface area contributed by atoms with Gasteiger partial charge in [0.25, 0.3) is 5.91 Å². The van der Waals surface area contributed by atoms with E-state index in [9.17, 15) is 19.5 Å². The van der Waals surface area contributed by atoms with Crippen LogP contribution in [0.25, 0.3) is 0 Å². The van der Waals surface area contributed by atoms with Gasteiger partial charge in [0.1, 0.15) is 28.2 Å². The molecule has 0 bridgehead atoms. The Morgan fingerprint density at radius 2 is 2.16 bits per heavy atom. The molecule has 2 aromatic heterocycles. The predicted molar refractivity (Wildman–Crippen MR) is 122 cm³/mol. The Morgan fingerprint density at radius 1 is 1.41 bits per heavy atom. The number of fused-ring (bicyclic) bond motifs is 1. The van der Waals surface area contributed by atoms with Gasteiger partial charge in [-0.15, -0.1) is 22.0 Å². The van der Waals surface area contributed by atoms with Gasteiger partial charge in [0, 0.05) is 11.5 Å². The number of β-lactam (4-membered cyclic amide) rings is 1. The molecule has 0 radical (unpaired) electrons. The maximum atomic E-state index is 12.8. The molecule has 1 fully saturated rings. The Balaban J connectivity index is 1.46. The molecule has 170 valence electrons. The van der Waals surface area contributed by atoms with Crippen LogP contribution in [0.3, 0.4) is 0 Å². The lowest BCUT2D eigenvalue weighted by Crippen LogP contribution is -2.71. The normalized spacial score (nSPS) is 21.2. The van der Waals surface area contributed by atoms with E-state index in [0.717, 1.165) is 9.35 Å². The molecule has 0 spiro atoms. The van der Waals surface area contributed by atoms with Gasteiger partial charge in [-0.25, -0.2) is 4.79 Å². The number of rotatable bonds is 7. The first-order valence-corrected chi connectivity index (χ1v) is 12.7. The van der Waals surface area contributed by atoms with E-state index < -0.39 is 29.3 Å². The second kappa shape index (κ2) is 9.04. The number of aliphatic carboxylic acids is 1. The van der Waals surface area contributed by atoms with Crippen LogP contribution in [0.15, 0.2) is 21.8 Å². The zero-order chi connectivity index (χ0) is 23.2. The van der Waals surface area contributed by atoms with Crippen molar-refractivity contribution >= 4 is 64.2 Å². The average Bonchev–Trinajstić information content (AvgIpc) is 3.33. The van der Waals surface area contributed by atoms with Gasteiger partial charge in [-0.2, -0.15) is 5.10 Å². The second-order valence-corrected chi connectivity index (χ2v) is 11.1. The van der Waals surface area contributed by atoms with Crippen LogP contribution in [0.2, 0.25) is 5.02 Å². The van der Waals surface area contributed by atoms with Crippen LogP contribution in [-0.2, 0) is 14.4 Å². The summed E-state index contributed by atoms with van der Waals surface area (Å²) in [6, 6.07) is -1.47. The number of halogens is 1. The quantitative estimate of drug-likeness (QED) is 0.421. The van der Waals surface area contributed by atoms with Gasteiger partial charge in [0.2, 0.25) is 5.91 Å². The van der Waals surface area contributed by atoms with Crippen molar-refractivity contribution in [1.29, 1.82) is 0 Å². The summed E-state index contributed by atoms with van der Waals surface area (Å²) in [4.78, 5) is 38.8. The lowest BCUT2D eigenvalue weighted by Gasteiger charge is -2.49. The number of carbonyl (C=O) groups excluding carboxylic acids is 2. The predicted octanol–water partition coefficient (Wildman–Crippen LogP) is 2.10. The number of carboxylic acids is 1. The van der Waals surface area contributed by atoms with Gasteiger partial charge in [-0.05, 0) is 26.3 Å². The number of hydrogen-bond acceptors (Lipinski definition) is 9. The molecular formula is C18H19ClN6O4S3. The third-order valence-electron chi connectivity index (χ3n) is 5.16. The van der Waals surface area contributed by atoms with E-state index in [1.165, 1.54) is 50.6 Å². The summed E-state index contributed by atoms with van der Waals surface area (Å²) >= 11 is 10.3. The van der Waals surface area contributed by atoms with Crippen molar-refractivity contribution < 1.29 is 19.5 Å². The van der Waals surface area contributed by atoms with Crippen LogP contribution >= 0.6 is 46.5 Å². The lowest BCUT2D eigenvalue weighted by atomic mass is 10.0. The minimum atomic E-state index is -1.16. The van der Waals surface area contributed by atoms with Crippen LogP contribution in [0, 0.1) is 13.8 Å². The highest BCUT2D eigenvalue weighted by Crippen LogP contribution is 2.42. The Labute approximate surface area is 200 Å². The average molecular weight is 515 g/mol. The molecule has 0 aromatic carbocycles. The summed E-state index contributed by atoms with van der Waals surface area (Å²) in [6.07, 6.45) is 1.46. The molecule has 2 aliphatic rings. The first-order valence-electron chi connectivity index (χ1n) is 9.52. The van der Waals surface area contributed by atoms with E-state index in [1.807, 2.05) is 6.92 Å². The van der Waals surface area contributed by atoms with Crippen molar-refractivity contribution in [3.8, 4) is 0 Å². The fourth-order valence-corrected chi connectivity index (χ4v) is 6.89. The number of carbonyl (C=O) groups is 3. The fraction of sp³-hybridized carbons (Fsp3) is 0.444. The summed E-state index contributed by atoms with van der Waals surface area (Å²) in [6.45, 7) is 5.26. The van der Waals surface area contributed by atoms with Crippen molar-refractivity contribution in [2.45, 2.75) is 42.6 Å². The molecule has 0 saturated carbocycles. The molecule has 4 rings (SSSR count). The minimum absolute atomic E-state index is 0.0132. The van der Waals surface area contributed by atoms with E-state index in [-0.39, 0.29) is 11.6 Å². The van der Waals surface area contributed by atoms with Gasteiger partial charge in [-0.3, -0.25) is 19.2 Å². The number of aromatic nitrogens is 4. The summed E-state index contributed by atoms with van der Waals surface area (Å²) < 4.78 is 2.23. The second-order valence-electron chi connectivity index (χ2n) is 7.23. The smallest absolute Gasteiger partial charge is 0.352 e. The van der Waals surface area contributed by atoms with E-state index in [4.69, 9.17) is 11.6 Å². The first kappa shape index (κ1) is 23.1. The highest BCUT2D eigenvalue weighted by Gasteiger charge is 2.54. The molecule has 2 amide bonds. The maximum absolute atomic E-state index is 12.8. The molecule has 10 nitrogen and oxygen atoms in total. The van der Waals surface area contributed by atoms with Crippen LogP contribution in [0.1, 0.15) is 23.7 Å². The number of aryl methyl sites for hydroxylation is 1. The van der Waals surface area contributed by atoms with Crippen molar-refractivity contribution in [2.75, 3.05) is 11.5 Å². The van der Waals surface area contributed by atoms with Crippen LogP contribution < -0.4 is 5.32 Å². The molecular weight excluding hydrogens is 496 g/mol. The van der Waals surface area contributed by atoms with Gasteiger partial charge >= 0.3 is 5.97 Å². The number of carboxylic acid groups (broad SMARTS) is 1. The van der Waals surface area contributed by atoms with Crippen LogP contribution in [0.4, 0.5) is 0 Å². The molecule has 0 aliphatic carbocycles. The highest BCUT2D eigenvalue weighted by atomic mass is 35.5. The summed E-state index contributed by atoms with van der Waals surface area (Å²) in [5.41, 5.74) is 1.28. The Kier molecular flexibility index (Phi) is 6.52. The molecule has 14 heteroatoms. The Morgan fingerprint density at radius 3 is 2.75 bits per heavy atom. The molecule has 2 aliphatic heterocycles. The fourth-order valence-electron chi connectivity index (χ4n) is 3.46. The minimum Gasteiger partial charge on any atom is -0.477 e. The number of nitrogens with one attached hydrogen (secondary N) is 1. The molecule has 32 heavy (non-hydrogen) atoms. The molecule has 2 aromatic rings. The lowest BCUT2D eigenvalue weighted by molar-refractivity contribution is -0.151. The van der Waals surface area contributed by atoms with Crippen molar-refractivity contribution in [3.05, 3.63) is 33.2 Å². The van der Waals surface area contributed by atoms with Crippen molar-refractivity contribution in [3.63, 3.8) is 0 Å². The van der Waals surface area contributed by atoms with Crippen LogP contribution in [0.5, 0.6) is 0 Å². The first-order chi connectivity index (χ1) is 15.2. The van der Waals surface area contributed by atoms with Gasteiger partial charge in [0.15, 0.2) is 4.34 Å². The monoisotopic (exact) mass is 514 g/mol. The zero-order valence-corrected chi connectivity index (χ0v) is 20.4. The maximum Gasteiger partial charge on any atom is 0.352 e. The topological polar surface area (TPSA) is 130 Å². The molecule has 4 heterocycles. The van der Waals surface area contributed by atoms with E-state index >= 15 is 0 Å². The molecule has 3 atom stereocenters. The number of hydrogen-bond donors (Lipinski definition) is 2. The Bertz CT molecular complexity index is 1130. The highest BCUT2D eigenvalue weighted by molar-refractivity contribution is 8.01. The third-order valence-corrected chi connectivity index (χ3v) is 8.93. The Hall–Kier alpha value is -2.09. The van der Waals surface area contributed by atoms with E-state index in [0.29, 0.717) is 27.8 Å². The number of nitrogens with zero attached hydrogens (tertiary/aromatic N) is 5. The summed E-state index contributed by atoms with van der Waals surface area (Å²) in [7, 11) is 0. The summed E-state index contributed by atoms with van der Waals surface area (Å²) in [5.74, 6) is -1.15.